The van der Waals surface area contributed by atoms with Crippen molar-refractivity contribution in [3.63, 3.8) is 0 Å². The van der Waals surface area contributed by atoms with Crippen LogP contribution in [0.15, 0.2) is 60.8 Å². The first-order valence-electron chi connectivity index (χ1n) is 9.24. The molecular weight excluding hydrogens is 354 g/mol. The number of benzene rings is 2. The smallest absolute Gasteiger partial charge is 0.338 e. The van der Waals surface area contributed by atoms with Crippen LogP contribution in [0.1, 0.15) is 27.2 Å². The molecule has 0 N–H and O–H groups in total. The fourth-order valence-corrected chi connectivity index (χ4v) is 3.39. The van der Waals surface area contributed by atoms with Gasteiger partial charge in [0.15, 0.2) is 6.61 Å². The Balaban J connectivity index is 1.34. The summed E-state index contributed by atoms with van der Waals surface area (Å²) in [6.45, 7) is 2.91. The second kappa shape index (κ2) is 7.68. The van der Waals surface area contributed by atoms with E-state index < -0.39 is 5.97 Å². The number of fused-ring (bicyclic) bond motifs is 1. The summed E-state index contributed by atoms with van der Waals surface area (Å²) in [6, 6.07) is 17.0. The first kappa shape index (κ1) is 18.0. The minimum Gasteiger partial charge on any atom is -0.452 e. The van der Waals surface area contributed by atoms with Crippen molar-refractivity contribution < 1.29 is 14.3 Å². The van der Waals surface area contributed by atoms with E-state index >= 15 is 0 Å². The molecule has 3 aromatic rings. The van der Waals surface area contributed by atoms with E-state index in [0.29, 0.717) is 18.7 Å². The summed E-state index contributed by atoms with van der Waals surface area (Å²) in [5.74, 6) is -0.680. The summed E-state index contributed by atoms with van der Waals surface area (Å²) in [7, 11) is 0. The number of hydrogen-bond donors (Lipinski definition) is 0. The van der Waals surface area contributed by atoms with Gasteiger partial charge in [-0.3, -0.25) is 4.79 Å². The second-order valence-electron chi connectivity index (χ2n) is 6.84. The fraction of sp³-hybridized carbons (Fsp3) is 0.227. The molecule has 4 rings (SSSR count). The van der Waals surface area contributed by atoms with Crippen LogP contribution >= 0.6 is 0 Å². The Hall–Kier alpha value is -3.41. The lowest BCUT2D eigenvalue weighted by Gasteiger charge is -2.28. The van der Waals surface area contributed by atoms with E-state index in [1.54, 1.807) is 40.0 Å². The lowest BCUT2D eigenvalue weighted by molar-refractivity contribution is -0.135. The molecule has 0 bridgehead atoms. The van der Waals surface area contributed by atoms with Gasteiger partial charge in [0, 0.05) is 25.0 Å². The van der Waals surface area contributed by atoms with Crippen LogP contribution in [0.2, 0.25) is 0 Å². The predicted molar refractivity (Wildman–Crippen MR) is 104 cm³/mol. The maximum atomic E-state index is 12.4. The topological polar surface area (TPSA) is 64.4 Å². The Morgan fingerprint density at radius 3 is 2.50 bits per heavy atom. The van der Waals surface area contributed by atoms with Crippen LogP contribution in [-0.2, 0) is 22.5 Å². The molecule has 1 aliphatic heterocycles. The molecule has 2 aromatic carbocycles. The fourth-order valence-electron chi connectivity index (χ4n) is 3.39. The quantitative estimate of drug-likeness (QED) is 0.658. The third-order valence-corrected chi connectivity index (χ3v) is 4.99. The van der Waals surface area contributed by atoms with Gasteiger partial charge >= 0.3 is 5.97 Å². The summed E-state index contributed by atoms with van der Waals surface area (Å²) < 4.78 is 7.02. The van der Waals surface area contributed by atoms with Crippen LogP contribution < -0.4 is 0 Å². The summed E-state index contributed by atoms with van der Waals surface area (Å²) in [4.78, 5) is 26.4. The van der Waals surface area contributed by atoms with Gasteiger partial charge in [0.05, 0.1) is 11.3 Å². The first-order valence-corrected chi connectivity index (χ1v) is 9.24. The Bertz CT molecular complexity index is 1010. The number of carbonyl (C=O) groups is 2. The van der Waals surface area contributed by atoms with E-state index in [2.05, 4.69) is 11.2 Å². The molecule has 142 valence electrons. The SMILES string of the molecule is Cc1ccnn1-c1ccc(C(=O)OCC(=O)N2CCc3ccccc3C2)cc1. The van der Waals surface area contributed by atoms with Gasteiger partial charge in [-0.05, 0) is 54.8 Å². The normalized spacial score (nSPS) is 13.1. The van der Waals surface area contributed by atoms with E-state index in [0.717, 1.165) is 23.4 Å². The van der Waals surface area contributed by atoms with Crippen LogP contribution in [0.5, 0.6) is 0 Å². The first-order chi connectivity index (χ1) is 13.6. The lowest BCUT2D eigenvalue weighted by atomic mass is 10.00. The average Bonchev–Trinajstić information content (AvgIpc) is 3.17. The molecule has 0 saturated heterocycles. The standard InChI is InChI=1S/C22H21N3O3/c1-16-10-12-23-25(16)20-8-6-18(7-9-20)22(27)28-15-21(26)24-13-11-17-4-2-3-5-19(17)14-24/h2-10,12H,11,13-15H2,1H3. The summed E-state index contributed by atoms with van der Waals surface area (Å²) in [5.41, 5.74) is 4.70. The highest BCUT2D eigenvalue weighted by atomic mass is 16.5. The van der Waals surface area contributed by atoms with E-state index in [4.69, 9.17) is 4.74 Å². The number of nitrogens with zero attached hydrogens (tertiary/aromatic N) is 3. The summed E-state index contributed by atoms with van der Waals surface area (Å²) >= 11 is 0. The molecule has 2 heterocycles. The minimum absolute atomic E-state index is 0.174. The van der Waals surface area contributed by atoms with E-state index in [1.165, 1.54) is 5.56 Å². The monoisotopic (exact) mass is 375 g/mol. The highest BCUT2D eigenvalue weighted by Crippen LogP contribution is 2.18. The van der Waals surface area contributed by atoms with Gasteiger partial charge in [-0.2, -0.15) is 5.10 Å². The molecule has 0 spiro atoms. The molecule has 1 aliphatic rings. The molecule has 0 fully saturated rings. The van der Waals surface area contributed by atoms with E-state index in [9.17, 15) is 9.59 Å². The van der Waals surface area contributed by atoms with Crippen molar-refractivity contribution in [2.24, 2.45) is 0 Å². The summed E-state index contributed by atoms with van der Waals surface area (Å²) in [5, 5.41) is 4.24. The van der Waals surface area contributed by atoms with Gasteiger partial charge in [-0.25, -0.2) is 9.48 Å². The molecule has 1 amide bonds. The minimum atomic E-state index is -0.505. The largest absolute Gasteiger partial charge is 0.452 e. The maximum absolute atomic E-state index is 12.4. The Morgan fingerprint density at radius 2 is 1.79 bits per heavy atom. The van der Waals surface area contributed by atoms with Gasteiger partial charge in [0.1, 0.15) is 0 Å². The van der Waals surface area contributed by atoms with Crippen molar-refractivity contribution >= 4 is 11.9 Å². The number of esters is 1. The van der Waals surface area contributed by atoms with Crippen LogP contribution in [0.4, 0.5) is 0 Å². The highest BCUT2D eigenvalue weighted by Gasteiger charge is 2.21. The Morgan fingerprint density at radius 1 is 1.04 bits per heavy atom. The van der Waals surface area contributed by atoms with Crippen LogP contribution in [0.3, 0.4) is 0 Å². The van der Waals surface area contributed by atoms with Gasteiger partial charge in [0.25, 0.3) is 5.91 Å². The molecule has 1 aromatic heterocycles. The van der Waals surface area contributed by atoms with Crippen molar-refractivity contribution in [1.82, 2.24) is 14.7 Å². The molecule has 6 heteroatoms. The summed E-state index contributed by atoms with van der Waals surface area (Å²) in [6.07, 6.45) is 2.55. The second-order valence-corrected chi connectivity index (χ2v) is 6.84. The van der Waals surface area contributed by atoms with Crippen LogP contribution in [0, 0.1) is 6.92 Å². The lowest BCUT2D eigenvalue weighted by Crippen LogP contribution is -2.38. The molecule has 0 unspecified atom stereocenters. The van der Waals surface area contributed by atoms with E-state index in [-0.39, 0.29) is 12.5 Å². The third kappa shape index (κ3) is 3.67. The zero-order valence-corrected chi connectivity index (χ0v) is 15.7. The van der Waals surface area contributed by atoms with Crippen LogP contribution in [-0.4, -0.2) is 39.7 Å². The maximum Gasteiger partial charge on any atom is 0.338 e. The molecule has 0 saturated carbocycles. The van der Waals surface area contributed by atoms with Crippen molar-refractivity contribution in [2.45, 2.75) is 19.9 Å². The zero-order chi connectivity index (χ0) is 19.5. The molecule has 6 nitrogen and oxygen atoms in total. The molecule has 0 aliphatic carbocycles. The predicted octanol–water partition coefficient (Wildman–Crippen LogP) is 2.92. The van der Waals surface area contributed by atoms with Crippen molar-refractivity contribution in [3.05, 3.63) is 83.2 Å². The van der Waals surface area contributed by atoms with E-state index in [1.807, 2.05) is 31.2 Å². The number of amides is 1. The van der Waals surface area contributed by atoms with Gasteiger partial charge in [-0.15, -0.1) is 0 Å². The number of rotatable bonds is 4. The van der Waals surface area contributed by atoms with Gasteiger partial charge < -0.3 is 9.64 Å². The van der Waals surface area contributed by atoms with Crippen molar-refractivity contribution in [3.8, 4) is 5.69 Å². The van der Waals surface area contributed by atoms with Crippen molar-refractivity contribution in [1.29, 1.82) is 0 Å². The van der Waals surface area contributed by atoms with Crippen LogP contribution in [0.25, 0.3) is 5.69 Å². The molecule has 0 atom stereocenters. The zero-order valence-electron chi connectivity index (χ0n) is 15.7. The average molecular weight is 375 g/mol. The molecular formula is C22H21N3O3. The Labute approximate surface area is 163 Å². The highest BCUT2D eigenvalue weighted by molar-refractivity contribution is 5.91. The number of carbonyl (C=O) groups excluding carboxylic acids is 2. The molecule has 28 heavy (non-hydrogen) atoms. The third-order valence-electron chi connectivity index (χ3n) is 4.99. The number of hydrogen-bond acceptors (Lipinski definition) is 4. The number of aromatic nitrogens is 2. The van der Waals surface area contributed by atoms with Gasteiger partial charge in [-0.1, -0.05) is 24.3 Å². The molecule has 0 radical (unpaired) electrons. The van der Waals surface area contributed by atoms with Crippen molar-refractivity contribution in [2.75, 3.05) is 13.2 Å². The number of ether oxygens (including phenoxy) is 1. The van der Waals surface area contributed by atoms with Gasteiger partial charge in [0.2, 0.25) is 0 Å². The Kier molecular flexibility index (Phi) is 4.93. The number of aryl methyl sites for hydroxylation is 1.